The van der Waals surface area contributed by atoms with Gasteiger partial charge in [0.05, 0.1) is 30.3 Å². The highest BCUT2D eigenvalue weighted by molar-refractivity contribution is 6.12. The molecular formula is C31H36N4O4. The Morgan fingerprint density at radius 2 is 1.54 bits per heavy atom. The zero-order valence-electron chi connectivity index (χ0n) is 22.7. The lowest BCUT2D eigenvalue weighted by Crippen LogP contribution is -2.46. The standard InChI is InChI=1S/C31H36N4O4/c1-19-17-28(36)32-33-29(19)20-11-14-22(15-12-20)35-31(37)25-10-6-5-9-24(25)30(34-35)21-13-16-26(38-2)27(18-21)39-23-7-3-4-8-23/h11-16,18-19,23-25H,3-10,17H2,1-2H3,(H,32,36). The largest absolute Gasteiger partial charge is 0.493 e. The van der Waals surface area contributed by atoms with Gasteiger partial charge in [0.1, 0.15) is 0 Å². The highest BCUT2D eigenvalue weighted by atomic mass is 16.5. The van der Waals surface area contributed by atoms with Crippen LogP contribution in [0, 0.1) is 17.8 Å². The first kappa shape index (κ1) is 25.6. The molecular weight excluding hydrogens is 492 g/mol. The van der Waals surface area contributed by atoms with E-state index in [9.17, 15) is 9.59 Å². The van der Waals surface area contributed by atoms with Crippen molar-refractivity contribution in [2.75, 3.05) is 12.1 Å². The molecule has 3 atom stereocenters. The number of nitrogens with one attached hydrogen (secondary N) is 1. The fraction of sp³-hybridized carbons (Fsp3) is 0.484. The van der Waals surface area contributed by atoms with Gasteiger partial charge in [-0.05, 0) is 74.4 Å². The van der Waals surface area contributed by atoms with E-state index in [-0.39, 0.29) is 35.7 Å². The van der Waals surface area contributed by atoms with E-state index in [4.69, 9.17) is 14.6 Å². The van der Waals surface area contributed by atoms with Gasteiger partial charge in [-0.2, -0.15) is 10.2 Å². The van der Waals surface area contributed by atoms with E-state index in [0.29, 0.717) is 6.42 Å². The van der Waals surface area contributed by atoms with Crippen molar-refractivity contribution in [1.82, 2.24) is 5.43 Å². The van der Waals surface area contributed by atoms with E-state index in [1.165, 1.54) is 12.8 Å². The summed E-state index contributed by atoms with van der Waals surface area (Å²) >= 11 is 0. The number of hydrazone groups is 2. The second-order valence-electron chi connectivity index (χ2n) is 11.2. The van der Waals surface area contributed by atoms with Crippen molar-refractivity contribution in [1.29, 1.82) is 0 Å². The first-order valence-corrected chi connectivity index (χ1v) is 14.3. The lowest BCUT2D eigenvalue weighted by molar-refractivity contribution is -0.125. The predicted octanol–water partition coefficient (Wildman–Crippen LogP) is 5.43. The van der Waals surface area contributed by atoms with Crippen LogP contribution in [-0.4, -0.2) is 36.5 Å². The number of methoxy groups -OCH3 is 1. The lowest BCUT2D eigenvalue weighted by atomic mass is 9.73. The number of anilines is 1. The van der Waals surface area contributed by atoms with Crippen molar-refractivity contribution >= 4 is 28.9 Å². The quantitative estimate of drug-likeness (QED) is 0.541. The van der Waals surface area contributed by atoms with Gasteiger partial charge in [0.25, 0.3) is 5.91 Å². The molecule has 2 aromatic carbocycles. The Labute approximate surface area is 229 Å². The van der Waals surface area contributed by atoms with Crippen LogP contribution in [0.25, 0.3) is 0 Å². The molecule has 2 aromatic rings. The Balaban J connectivity index is 1.34. The van der Waals surface area contributed by atoms with Gasteiger partial charge < -0.3 is 9.47 Å². The molecule has 0 radical (unpaired) electrons. The zero-order valence-corrected chi connectivity index (χ0v) is 22.7. The summed E-state index contributed by atoms with van der Waals surface area (Å²) in [6, 6.07) is 13.8. The number of carbonyl (C=O) groups is 2. The molecule has 8 nitrogen and oxygen atoms in total. The summed E-state index contributed by atoms with van der Waals surface area (Å²) in [5, 5.41) is 10.9. The number of amides is 2. The summed E-state index contributed by atoms with van der Waals surface area (Å²) in [5.41, 5.74) is 7.01. The average molecular weight is 529 g/mol. The van der Waals surface area contributed by atoms with Gasteiger partial charge >= 0.3 is 0 Å². The minimum Gasteiger partial charge on any atom is -0.493 e. The highest BCUT2D eigenvalue weighted by Gasteiger charge is 2.42. The Morgan fingerprint density at radius 1 is 0.846 bits per heavy atom. The second kappa shape index (κ2) is 10.8. The maximum absolute atomic E-state index is 13.7. The maximum Gasteiger partial charge on any atom is 0.251 e. The van der Waals surface area contributed by atoms with Crippen LogP contribution in [0.15, 0.2) is 52.7 Å². The average Bonchev–Trinajstić information content (AvgIpc) is 3.47. The van der Waals surface area contributed by atoms with Crippen LogP contribution < -0.4 is 19.9 Å². The number of fused-ring (bicyclic) bond motifs is 1. The molecule has 8 heteroatoms. The molecule has 1 N–H and O–H groups in total. The minimum absolute atomic E-state index is 0.0320. The monoisotopic (exact) mass is 528 g/mol. The van der Waals surface area contributed by atoms with Gasteiger partial charge in [-0.1, -0.05) is 31.9 Å². The van der Waals surface area contributed by atoms with Crippen molar-refractivity contribution in [3.63, 3.8) is 0 Å². The fourth-order valence-electron chi connectivity index (χ4n) is 6.49. The molecule has 0 bridgehead atoms. The van der Waals surface area contributed by atoms with Crippen LogP contribution >= 0.6 is 0 Å². The van der Waals surface area contributed by atoms with E-state index < -0.39 is 0 Å². The molecule has 2 aliphatic carbocycles. The fourth-order valence-corrected chi connectivity index (χ4v) is 6.49. The molecule has 6 rings (SSSR count). The molecule has 39 heavy (non-hydrogen) atoms. The Bertz CT molecular complexity index is 1310. The van der Waals surface area contributed by atoms with Crippen molar-refractivity contribution in [3.05, 3.63) is 53.6 Å². The van der Waals surface area contributed by atoms with Crippen molar-refractivity contribution < 1.29 is 19.1 Å². The molecule has 0 spiro atoms. The van der Waals surface area contributed by atoms with Crippen LogP contribution in [0.1, 0.15) is 75.8 Å². The van der Waals surface area contributed by atoms with E-state index in [2.05, 4.69) is 16.6 Å². The molecule has 0 saturated heterocycles. The lowest BCUT2D eigenvalue weighted by Gasteiger charge is -2.38. The summed E-state index contributed by atoms with van der Waals surface area (Å²) in [5.74, 6) is 1.50. The molecule has 2 aliphatic heterocycles. The number of benzene rings is 2. The van der Waals surface area contributed by atoms with Gasteiger partial charge in [0.2, 0.25) is 5.91 Å². The van der Waals surface area contributed by atoms with Crippen molar-refractivity contribution in [3.8, 4) is 11.5 Å². The van der Waals surface area contributed by atoms with E-state index >= 15 is 0 Å². The second-order valence-corrected chi connectivity index (χ2v) is 11.2. The normalized spacial score (nSPS) is 25.5. The molecule has 0 aromatic heterocycles. The van der Waals surface area contributed by atoms with Crippen LogP contribution in [0.2, 0.25) is 0 Å². The molecule has 2 amide bonds. The van der Waals surface area contributed by atoms with Gasteiger partial charge in [-0.25, -0.2) is 10.4 Å². The third-order valence-electron chi connectivity index (χ3n) is 8.57. The molecule has 204 valence electrons. The zero-order chi connectivity index (χ0) is 26.9. The number of rotatable bonds is 6. The van der Waals surface area contributed by atoms with E-state index in [0.717, 1.165) is 78.3 Å². The summed E-state index contributed by atoms with van der Waals surface area (Å²) in [4.78, 5) is 25.4. The van der Waals surface area contributed by atoms with Crippen LogP contribution in [0.4, 0.5) is 5.69 Å². The number of nitrogens with zero attached hydrogens (tertiary/aromatic N) is 3. The summed E-state index contributed by atoms with van der Waals surface area (Å²) < 4.78 is 12.0. The summed E-state index contributed by atoms with van der Waals surface area (Å²) in [7, 11) is 1.67. The molecule has 3 unspecified atom stereocenters. The van der Waals surface area contributed by atoms with Gasteiger partial charge in [0, 0.05) is 29.7 Å². The molecule has 4 aliphatic rings. The van der Waals surface area contributed by atoms with Crippen molar-refractivity contribution in [2.24, 2.45) is 28.0 Å². The maximum atomic E-state index is 13.7. The summed E-state index contributed by atoms with van der Waals surface area (Å²) in [6.07, 6.45) is 9.12. The van der Waals surface area contributed by atoms with Crippen LogP contribution in [0.3, 0.4) is 0 Å². The Morgan fingerprint density at radius 3 is 2.26 bits per heavy atom. The number of ether oxygens (including phenoxy) is 2. The smallest absolute Gasteiger partial charge is 0.251 e. The topological polar surface area (TPSA) is 92.6 Å². The van der Waals surface area contributed by atoms with Crippen molar-refractivity contribution in [2.45, 2.75) is 70.8 Å². The van der Waals surface area contributed by atoms with Gasteiger partial charge in [-0.15, -0.1) is 0 Å². The third-order valence-corrected chi connectivity index (χ3v) is 8.57. The minimum atomic E-state index is -0.0924. The number of hydrogen-bond acceptors (Lipinski definition) is 6. The SMILES string of the molecule is COc1ccc(C2=NN(c3ccc(C4=NNC(=O)CC4C)cc3)C(=O)C3CCCCC23)cc1OC1CCCC1. The summed E-state index contributed by atoms with van der Waals surface area (Å²) in [6.45, 7) is 2.00. The molecule has 2 fully saturated rings. The first-order valence-electron chi connectivity index (χ1n) is 14.3. The van der Waals surface area contributed by atoms with Crippen LogP contribution in [0.5, 0.6) is 11.5 Å². The number of hydrogen-bond donors (Lipinski definition) is 1. The third kappa shape index (κ3) is 5.04. The highest BCUT2D eigenvalue weighted by Crippen LogP contribution is 2.41. The first-order chi connectivity index (χ1) is 19.0. The molecule has 2 saturated carbocycles. The molecule has 2 heterocycles. The Kier molecular flexibility index (Phi) is 7.11. The predicted molar refractivity (Wildman–Crippen MR) is 150 cm³/mol. The number of carbonyl (C=O) groups excluding carboxylic acids is 2. The van der Waals surface area contributed by atoms with Gasteiger partial charge in [0.15, 0.2) is 11.5 Å². The van der Waals surface area contributed by atoms with Crippen LogP contribution in [-0.2, 0) is 9.59 Å². The van der Waals surface area contributed by atoms with E-state index in [1.54, 1.807) is 12.1 Å². The van der Waals surface area contributed by atoms with Gasteiger partial charge in [-0.3, -0.25) is 9.59 Å². The Hall–Kier alpha value is -3.68. The van der Waals surface area contributed by atoms with E-state index in [1.807, 2.05) is 43.3 Å².